The lowest BCUT2D eigenvalue weighted by Crippen LogP contribution is -2.29. The van der Waals surface area contributed by atoms with Gasteiger partial charge in [0, 0.05) is 37.1 Å². The van der Waals surface area contributed by atoms with Gasteiger partial charge in [0.1, 0.15) is 5.69 Å². The van der Waals surface area contributed by atoms with E-state index in [4.69, 9.17) is 5.73 Å². The second-order valence-electron chi connectivity index (χ2n) is 9.34. The summed E-state index contributed by atoms with van der Waals surface area (Å²) in [4.78, 5) is 24.2. The van der Waals surface area contributed by atoms with Crippen molar-refractivity contribution in [3.63, 3.8) is 0 Å². The van der Waals surface area contributed by atoms with Crippen molar-refractivity contribution in [2.24, 2.45) is 0 Å². The number of nitrogens with zero attached hydrogens (tertiary/aromatic N) is 4. The summed E-state index contributed by atoms with van der Waals surface area (Å²) >= 11 is 0. The molecule has 1 aliphatic heterocycles. The van der Waals surface area contributed by atoms with E-state index in [1.807, 2.05) is 30.3 Å². The van der Waals surface area contributed by atoms with Crippen molar-refractivity contribution >= 4 is 32.8 Å². The number of sulfonamides is 1. The Balaban J connectivity index is 1.44. The molecule has 0 bridgehead atoms. The quantitative estimate of drug-likeness (QED) is 0.447. The lowest BCUT2D eigenvalue weighted by Gasteiger charge is -2.19. The van der Waals surface area contributed by atoms with Gasteiger partial charge in [0.25, 0.3) is 5.91 Å². The molecule has 2 heterocycles. The van der Waals surface area contributed by atoms with Crippen molar-refractivity contribution in [2.75, 3.05) is 12.8 Å². The van der Waals surface area contributed by atoms with Gasteiger partial charge in [0.05, 0.1) is 10.4 Å². The fourth-order valence-corrected chi connectivity index (χ4v) is 6.45. The minimum absolute atomic E-state index is 0.0179. The number of amides is 1. The average Bonchev–Trinajstić information content (AvgIpc) is 3.64. The highest BCUT2D eigenvalue weighted by atomic mass is 32.2. The van der Waals surface area contributed by atoms with Crippen LogP contribution in [0.4, 0.5) is 5.95 Å². The van der Waals surface area contributed by atoms with Crippen molar-refractivity contribution in [2.45, 2.75) is 36.9 Å². The monoisotopic (exact) mass is 499 g/mol. The van der Waals surface area contributed by atoms with E-state index in [2.05, 4.69) is 9.97 Å². The number of nitrogens with two attached hydrogens (primary N) is 1. The molecule has 3 aromatic carbocycles. The zero-order valence-electron chi connectivity index (χ0n) is 19.8. The number of hydrogen-bond donors (Lipinski definition) is 1. The third kappa shape index (κ3) is 3.81. The molecule has 1 aliphatic carbocycles. The van der Waals surface area contributed by atoms with E-state index in [1.54, 1.807) is 48.3 Å². The Kier molecular flexibility index (Phi) is 5.27. The number of anilines is 1. The van der Waals surface area contributed by atoms with Crippen LogP contribution in [0.2, 0.25) is 0 Å². The Bertz CT molecular complexity index is 1610. The van der Waals surface area contributed by atoms with E-state index >= 15 is 0 Å². The van der Waals surface area contributed by atoms with Crippen LogP contribution in [0.1, 0.15) is 34.5 Å². The van der Waals surface area contributed by atoms with Gasteiger partial charge in [-0.15, -0.1) is 0 Å². The molecule has 0 spiro atoms. The predicted octanol–water partition coefficient (Wildman–Crippen LogP) is 3.82. The van der Waals surface area contributed by atoms with Crippen molar-refractivity contribution < 1.29 is 13.2 Å². The Morgan fingerprint density at radius 3 is 2.33 bits per heavy atom. The van der Waals surface area contributed by atoms with Gasteiger partial charge in [0.2, 0.25) is 16.0 Å². The highest BCUT2D eigenvalue weighted by molar-refractivity contribution is 7.89. The van der Waals surface area contributed by atoms with E-state index in [0.29, 0.717) is 35.1 Å². The molecule has 1 fully saturated rings. The zero-order valence-corrected chi connectivity index (χ0v) is 20.6. The summed E-state index contributed by atoms with van der Waals surface area (Å²) in [5.74, 6) is -0.221. The summed E-state index contributed by atoms with van der Waals surface area (Å²) in [5.41, 5.74) is 10.2. The van der Waals surface area contributed by atoms with Crippen LogP contribution in [0, 0.1) is 0 Å². The molecule has 9 heteroatoms. The van der Waals surface area contributed by atoms with Crippen LogP contribution in [-0.4, -0.2) is 46.6 Å². The Hall–Kier alpha value is -3.82. The van der Waals surface area contributed by atoms with Gasteiger partial charge in [-0.3, -0.25) is 4.79 Å². The molecule has 182 valence electrons. The van der Waals surface area contributed by atoms with Crippen LogP contribution >= 0.6 is 0 Å². The minimum atomic E-state index is -3.68. The third-order valence-corrected chi connectivity index (χ3v) is 8.93. The molecule has 2 N–H and O–H groups in total. The summed E-state index contributed by atoms with van der Waals surface area (Å²) in [7, 11) is -2.05. The largest absolute Gasteiger partial charge is 0.368 e. The number of carbonyl (C=O) groups excluding carboxylic acids is 1. The third-order valence-electron chi connectivity index (χ3n) is 6.96. The summed E-state index contributed by atoms with van der Waals surface area (Å²) in [6, 6.07) is 20.3. The van der Waals surface area contributed by atoms with Crippen molar-refractivity contribution in [1.82, 2.24) is 19.2 Å². The average molecular weight is 500 g/mol. The fraction of sp³-hybridized carbons (Fsp3) is 0.222. The molecule has 1 amide bonds. The number of aromatic nitrogens is 2. The lowest BCUT2D eigenvalue weighted by molar-refractivity contribution is 0.0747. The first-order chi connectivity index (χ1) is 17.3. The predicted molar refractivity (Wildman–Crippen MR) is 137 cm³/mol. The fourth-order valence-electron chi connectivity index (χ4n) is 4.82. The molecule has 1 aromatic heterocycles. The molecule has 0 saturated heterocycles. The normalized spacial score (nSPS) is 15.4. The van der Waals surface area contributed by atoms with Crippen LogP contribution in [0.3, 0.4) is 0 Å². The second-order valence-corrected chi connectivity index (χ2v) is 11.3. The van der Waals surface area contributed by atoms with E-state index < -0.39 is 10.0 Å². The molecular weight excluding hydrogens is 474 g/mol. The van der Waals surface area contributed by atoms with E-state index in [0.717, 1.165) is 24.0 Å². The van der Waals surface area contributed by atoms with Crippen LogP contribution in [0.25, 0.3) is 22.0 Å². The first-order valence-corrected chi connectivity index (χ1v) is 13.3. The minimum Gasteiger partial charge on any atom is -0.368 e. The second kappa shape index (κ2) is 8.39. The molecule has 1 saturated carbocycles. The molecule has 4 aromatic rings. The summed E-state index contributed by atoms with van der Waals surface area (Å²) in [6.07, 6.45) is 1.75. The van der Waals surface area contributed by atoms with Gasteiger partial charge in [-0.1, -0.05) is 48.5 Å². The topological polar surface area (TPSA) is 109 Å². The summed E-state index contributed by atoms with van der Waals surface area (Å²) in [6.45, 7) is 0.989. The lowest BCUT2D eigenvalue weighted by atomic mass is 10.0. The van der Waals surface area contributed by atoms with Crippen molar-refractivity contribution in [1.29, 1.82) is 0 Å². The van der Waals surface area contributed by atoms with Crippen LogP contribution in [-0.2, 0) is 23.1 Å². The summed E-state index contributed by atoms with van der Waals surface area (Å²) < 4.78 is 28.2. The van der Waals surface area contributed by atoms with Crippen LogP contribution in [0.5, 0.6) is 0 Å². The highest BCUT2D eigenvalue weighted by Crippen LogP contribution is 2.36. The maximum Gasteiger partial charge on any atom is 0.273 e. The molecule has 0 atom stereocenters. The van der Waals surface area contributed by atoms with Gasteiger partial charge < -0.3 is 10.6 Å². The smallest absolute Gasteiger partial charge is 0.273 e. The zero-order chi connectivity index (χ0) is 25.0. The maximum atomic E-state index is 13.6. The standard InChI is InChI=1S/C27H25N5O3S/c1-31(20-11-12-20)36(34,35)24-9-5-4-8-21(24)17-10-13-23-22(14-17)25(30-27(28)29-23)26(33)32-15-18-6-2-3-7-19(18)16-32/h2-10,13-14,20H,11-12,15-16H2,1H3,(H2,28,29,30). The Morgan fingerprint density at radius 2 is 1.64 bits per heavy atom. The molecule has 0 radical (unpaired) electrons. The Labute approximate surface area is 209 Å². The van der Waals surface area contributed by atoms with Crippen molar-refractivity contribution in [3.05, 3.63) is 83.6 Å². The Morgan fingerprint density at radius 1 is 0.972 bits per heavy atom. The van der Waals surface area contributed by atoms with E-state index in [1.165, 1.54) is 4.31 Å². The molecule has 8 nitrogen and oxygen atoms in total. The molecule has 36 heavy (non-hydrogen) atoms. The van der Waals surface area contributed by atoms with Gasteiger partial charge in [-0.05, 0) is 47.7 Å². The first-order valence-electron chi connectivity index (χ1n) is 11.8. The highest BCUT2D eigenvalue weighted by Gasteiger charge is 2.36. The number of carbonyl (C=O) groups is 1. The summed E-state index contributed by atoms with van der Waals surface area (Å²) in [5, 5.41) is 0.533. The van der Waals surface area contributed by atoms with Crippen LogP contribution < -0.4 is 5.73 Å². The van der Waals surface area contributed by atoms with Crippen LogP contribution in [0.15, 0.2) is 71.6 Å². The molecular formula is C27H25N5O3S. The SMILES string of the molecule is CN(C1CC1)S(=O)(=O)c1ccccc1-c1ccc2nc(N)nc(C(=O)N3Cc4ccccc4C3)c2c1. The van der Waals surface area contributed by atoms with Gasteiger partial charge in [0.15, 0.2) is 0 Å². The van der Waals surface area contributed by atoms with Crippen molar-refractivity contribution in [3.8, 4) is 11.1 Å². The first kappa shape index (κ1) is 22.6. The van der Waals surface area contributed by atoms with Gasteiger partial charge in [-0.2, -0.15) is 4.31 Å². The van der Waals surface area contributed by atoms with E-state index in [-0.39, 0.29) is 28.5 Å². The van der Waals surface area contributed by atoms with Gasteiger partial charge in [-0.25, -0.2) is 18.4 Å². The van der Waals surface area contributed by atoms with E-state index in [9.17, 15) is 13.2 Å². The number of benzene rings is 3. The number of nitrogen functional groups attached to an aromatic ring is 1. The van der Waals surface area contributed by atoms with Gasteiger partial charge >= 0.3 is 0 Å². The molecule has 0 unspecified atom stereocenters. The molecule has 2 aliphatic rings. The number of fused-ring (bicyclic) bond motifs is 2. The number of hydrogen-bond acceptors (Lipinski definition) is 6. The number of rotatable bonds is 5. The maximum absolute atomic E-state index is 13.6. The molecule has 6 rings (SSSR count).